The van der Waals surface area contributed by atoms with Gasteiger partial charge in [0.1, 0.15) is 5.54 Å². The van der Waals surface area contributed by atoms with E-state index in [1.165, 1.54) is 7.11 Å². The van der Waals surface area contributed by atoms with Crippen LogP contribution in [-0.4, -0.2) is 98.0 Å². The van der Waals surface area contributed by atoms with E-state index in [9.17, 15) is 19.5 Å². The first-order chi connectivity index (χ1) is 25.9. The number of esters is 1. The Morgan fingerprint density at radius 2 is 1.83 bits per heavy atom. The summed E-state index contributed by atoms with van der Waals surface area (Å²) in [5.74, 6) is -1.04. The summed E-state index contributed by atoms with van der Waals surface area (Å²) in [6.45, 7) is 7.81. The molecule has 0 unspecified atom stereocenters. The standard InChI is InChI=1S/C39H52FN7O6Si/c1-27-35(54(3,4)40)33(15-22-44-25-28(16-23-48)42-43-44)53-39(27)31-24-30(13-14-32(31)45(37(39)51)21-9-8-12-34(49)52-2)46-26-47(29-10-6-5-7-11-29)38(36(46)50)17-19-41-20-18-38/h5-7,10-11,13-14,24-25,27,33,35,41,48H,8-9,12,15-23,26H2,1-4H3/t27-,33+,35-,39+/m1/s1. The summed E-state index contributed by atoms with van der Waals surface area (Å²) in [6.07, 6.45) is 4.64. The fraction of sp³-hybridized carbons (Fsp3) is 0.564. The van der Waals surface area contributed by atoms with E-state index in [1.54, 1.807) is 28.9 Å². The van der Waals surface area contributed by atoms with Crippen LogP contribution in [0.2, 0.25) is 18.6 Å². The van der Waals surface area contributed by atoms with E-state index in [1.807, 2.05) is 60.4 Å². The molecule has 3 fully saturated rings. The van der Waals surface area contributed by atoms with Crippen LogP contribution in [0, 0.1) is 5.92 Å². The molecule has 13 nitrogen and oxygen atoms in total. The second-order valence-electron chi connectivity index (χ2n) is 15.6. The van der Waals surface area contributed by atoms with Crippen molar-refractivity contribution >= 4 is 43.3 Å². The van der Waals surface area contributed by atoms with Gasteiger partial charge in [0.2, 0.25) is 8.41 Å². The zero-order valence-electron chi connectivity index (χ0n) is 31.7. The van der Waals surface area contributed by atoms with Gasteiger partial charge in [-0.1, -0.05) is 30.3 Å². The lowest BCUT2D eigenvalue weighted by Crippen LogP contribution is -2.55. The summed E-state index contributed by atoms with van der Waals surface area (Å²) in [5, 5.41) is 21.1. The van der Waals surface area contributed by atoms with Crippen LogP contribution < -0.4 is 20.0 Å². The molecule has 1 aromatic heterocycles. The SMILES string of the molecule is COC(=O)CCCCN1C(=O)[C@@]2(O[C@@H](CCn3cc(CCO)nn3)[C@H]([Si](C)(C)F)[C@H]2C)c2cc(N3CN(c4ccccc4)C4(CCNCC4)C3=O)ccc21. The van der Waals surface area contributed by atoms with E-state index in [0.717, 1.165) is 18.8 Å². The molecule has 290 valence electrons. The highest BCUT2D eigenvalue weighted by Gasteiger charge is 2.67. The zero-order chi connectivity index (χ0) is 38.3. The summed E-state index contributed by atoms with van der Waals surface area (Å²) in [7, 11) is -2.08. The highest BCUT2D eigenvalue weighted by atomic mass is 28.4. The number of para-hydroxylation sites is 1. The third-order valence-corrected chi connectivity index (χ3v) is 14.5. The Hall–Kier alpha value is -4.18. The minimum atomic E-state index is -3.44. The van der Waals surface area contributed by atoms with Crippen molar-refractivity contribution in [2.45, 2.75) is 94.3 Å². The van der Waals surface area contributed by atoms with Gasteiger partial charge in [0.15, 0.2) is 5.60 Å². The predicted octanol–water partition coefficient (Wildman–Crippen LogP) is 4.30. The van der Waals surface area contributed by atoms with E-state index in [2.05, 4.69) is 20.5 Å². The monoisotopic (exact) mass is 761 g/mol. The fourth-order valence-electron chi connectivity index (χ4n) is 9.44. The predicted molar refractivity (Wildman–Crippen MR) is 204 cm³/mol. The summed E-state index contributed by atoms with van der Waals surface area (Å²) < 4.78 is 30.1. The van der Waals surface area contributed by atoms with Crippen molar-refractivity contribution in [3.8, 4) is 0 Å². The molecule has 4 aliphatic rings. The number of rotatable bonds is 13. The number of unbranched alkanes of at least 4 members (excludes halogenated alkanes) is 1. The van der Waals surface area contributed by atoms with E-state index in [-0.39, 0.29) is 30.8 Å². The number of hydrogen-bond acceptors (Lipinski definition) is 10. The molecule has 4 aliphatic heterocycles. The smallest absolute Gasteiger partial charge is 0.305 e. The van der Waals surface area contributed by atoms with Crippen LogP contribution in [0.3, 0.4) is 0 Å². The summed E-state index contributed by atoms with van der Waals surface area (Å²) in [4.78, 5) is 47.3. The number of aromatic nitrogens is 3. The van der Waals surface area contributed by atoms with Crippen molar-refractivity contribution in [2.24, 2.45) is 5.92 Å². The average molecular weight is 762 g/mol. The fourth-order valence-corrected chi connectivity index (χ4v) is 12.0. The van der Waals surface area contributed by atoms with Gasteiger partial charge in [0.05, 0.1) is 31.3 Å². The number of carbonyl (C=O) groups is 3. The number of ether oxygens (including phenoxy) is 2. The van der Waals surface area contributed by atoms with Crippen molar-refractivity contribution < 1.29 is 33.1 Å². The van der Waals surface area contributed by atoms with Gasteiger partial charge in [0.25, 0.3) is 11.8 Å². The number of hydrogen-bond donors (Lipinski definition) is 2. The van der Waals surface area contributed by atoms with Crippen molar-refractivity contribution in [3.63, 3.8) is 0 Å². The first kappa shape index (κ1) is 38.1. The number of aryl methyl sites for hydroxylation is 1. The van der Waals surface area contributed by atoms with Crippen LogP contribution in [-0.2, 0) is 42.4 Å². The summed E-state index contributed by atoms with van der Waals surface area (Å²) in [6, 6.07) is 15.8. The number of carbonyl (C=O) groups excluding carboxylic acids is 3. The number of amides is 2. The Labute approximate surface area is 316 Å². The van der Waals surface area contributed by atoms with Crippen LogP contribution in [0.4, 0.5) is 21.2 Å². The number of nitrogens with zero attached hydrogens (tertiary/aromatic N) is 6. The zero-order valence-corrected chi connectivity index (χ0v) is 32.7. The second kappa shape index (κ2) is 15.2. The molecule has 2 spiro atoms. The molecule has 2 amide bonds. The Kier molecular flexibility index (Phi) is 10.7. The van der Waals surface area contributed by atoms with Gasteiger partial charge in [-0.2, -0.15) is 0 Å². The number of aliphatic hydroxyl groups excluding tert-OH is 1. The normalized spacial score (nSPS) is 25.0. The van der Waals surface area contributed by atoms with E-state index < -0.39 is 37.1 Å². The van der Waals surface area contributed by atoms with Crippen LogP contribution in [0.1, 0.15) is 56.7 Å². The molecule has 4 atom stereocenters. The molecule has 15 heteroatoms. The second-order valence-corrected chi connectivity index (χ2v) is 19.4. The maximum absolute atomic E-state index is 16.6. The third-order valence-electron chi connectivity index (χ3n) is 12.0. The van der Waals surface area contributed by atoms with Gasteiger partial charge >= 0.3 is 5.97 Å². The molecule has 3 aromatic rings. The van der Waals surface area contributed by atoms with Gasteiger partial charge < -0.3 is 33.8 Å². The lowest BCUT2D eigenvalue weighted by molar-refractivity contribution is -0.146. The maximum atomic E-state index is 16.6. The lowest BCUT2D eigenvalue weighted by Gasteiger charge is -2.39. The first-order valence-electron chi connectivity index (χ1n) is 19.2. The van der Waals surface area contributed by atoms with Crippen molar-refractivity contribution in [3.05, 3.63) is 66.0 Å². The van der Waals surface area contributed by atoms with Crippen LogP contribution >= 0.6 is 0 Å². The Bertz CT molecular complexity index is 1850. The Morgan fingerprint density at radius 1 is 1.07 bits per heavy atom. The van der Waals surface area contributed by atoms with Gasteiger partial charge in [-0.15, -0.1) is 5.10 Å². The number of fused-ring (bicyclic) bond motifs is 2. The van der Waals surface area contributed by atoms with Crippen LogP contribution in [0.25, 0.3) is 0 Å². The highest BCUT2D eigenvalue weighted by Crippen LogP contribution is 2.61. The molecule has 0 saturated carbocycles. The Balaban J connectivity index is 1.26. The molecule has 0 bridgehead atoms. The number of methoxy groups -OCH3 is 1. The quantitative estimate of drug-likeness (QED) is 0.112. The third kappa shape index (κ3) is 6.62. The molecular weight excluding hydrogens is 710 g/mol. The molecule has 7 rings (SSSR count). The number of halogens is 1. The largest absolute Gasteiger partial charge is 0.469 e. The van der Waals surface area contributed by atoms with Crippen molar-refractivity contribution in [1.29, 1.82) is 0 Å². The van der Waals surface area contributed by atoms with Crippen molar-refractivity contribution in [2.75, 3.05) is 54.7 Å². The lowest BCUT2D eigenvalue weighted by atomic mass is 9.82. The topological polar surface area (TPSA) is 142 Å². The minimum absolute atomic E-state index is 0.0210. The number of nitrogens with one attached hydrogen (secondary N) is 1. The summed E-state index contributed by atoms with van der Waals surface area (Å²) >= 11 is 0. The van der Waals surface area contributed by atoms with Gasteiger partial charge in [0, 0.05) is 67.1 Å². The average Bonchev–Trinajstić information content (AvgIpc) is 3.88. The number of benzene rings is 2. The van der Waals surface area contributed by atoms with Gasteiger partial charge in [-0.3, -0.25) is 24.0 Å². The van der Waals surface area contributed by atoms with Crippen LogP contribution in [0.5, 0.6) is 0 Å². The van der Waals surface area contributed by atoms with E-state index in [4.69, 9.17) is 9.47 Å². The molecule has 5 heterocycles. The highest BCUT2D eigenvalue weighted by molar-refractivity contribution is 6.72. The summed E-state index contributed by atoms with van der Waals surface area (Å²) in [5.41, 5.74) is 0.935. The maximum Gasteiger partial charge on any atom is 0.305 e. The van der Waals surface area contributed by atoms with E-state index >= 15 is 4.11 Å². The molecule has 2 N–H and O–H groups in total. The molecular formula is C39H52FN7O6Si. The number of anilines is 3. The minimum Gasteiger partial charge on any atom is -0.469 e. The van der Waals surface area contributed by atoms with Crippen molar-refractivity contribution in [1.82, 2.24) is 20.3 Å². The number of aliphatic hydroxyl groups is 1. The number of piperidine rings is 1. The Morgan fingerprint density at radius 3 is 2.54 bits per heavy atom. The first-order valence-corrected chi connectivity index (χ1v) is 22.2. The molecule has 0 aliphatic carbocycles. The van der Waals surface area contributed by atoms with Gasteiger partial charge in [-0.25, -0.2) is 0 Å². The van der Waals surface area contributed by atoms with E-state index in [0.29, 0.717) is 80.9 Å². The molecule has 54 heavy (non-hydrogen) atoms. The molecule has 2 aromatic carbocycles. The molecule has 3 saturated heterocycles. The van der Waals surface area contributed by atoms with Crippen LogP contribution in [0.15, 0.2) is 54.7 Å². The van der Waals surface area contributed by atoms with Gasteiger partial charge in [-0.05, 0) is 88.6 Å². The molecule has 0 radical (unpaired) electrons.